The SMILES string of the molecule is Nc1nc(C2CCCCCC2)nc2c1CCCC2. The van der Waals surface area contributed by atoms with Crippen LogP contribution in [0.2, 0.25) is 0 Å². The van der Waals surface area contributed by atoms with Gasteiger partial charge in [-0.3, -0.25) is 0 Å². The number of hydrogen-bond acceptors (Lipinski definition) is 3. The molecule has 1 fully saturated rings. The molecule has 0 unspecified atom stereocenters. The summed E-state index contributed by atoms with van der Waals surface area (Å²) in [6.07, 6.45) is 12.6. The molecule has 0 atom stereocenters. The molecule has 3 nitrogen and oxygen atoms in total. The zero-order chi connectivity index (χ0) is 12.4. The van der Waals surface area contributed by atoms with Crippen molar-refractivity contribution in [1.29, 1.82) is 0 Å². The van der Waals surface area contributed by atoms with Crippen LogP contribution in [0.25, 0.3) is 0 Å². The molecule has 18 heavy (non-hydrogen) atoms. The Hall–Kier alpha value is -1.12. The van der Waals surface area contributed by atoms with Crippen LogP contribution in [0.1, 0.15) is 74.4 Å². The first-order valence-electron chi connectivity index (χ1n) is 7.50. The Balaban J connectivity index is 1.89. The summed E-state index contributed by atoms with van der Waals surface area (Å²) in [4.78, 5) is 9.47. The Morgan fingerprint density at radius 3 is 2.33 bits per heavy atom. The van der Waals surface area contributed by atoms with Gasteiger partial charge in [0.05, 0.1) is 0 Å². The Morgan fingerprint density at radius 1 is 0.833 bits per heavy atom. The van der Waals surface area contributed by atoms with E-state index in [0.717, 1.165) is 24.5 Å². The number of aryl methyl sites for hydroxylation is 1. The van der Waals surface area contributed by atoms with Gasteiger partial charge in [-0.1, -0.05) is 25.7 Å². The second-order valence-corrected chi connectivity index (χ2v) is 5.79. The van der Waals surface area contributed by atoms with Crippen molar-refractivity contribution < 1.29 is 0 Å². The topological polar surface area (TPSA) is 51.8 Å². The third-order valence-corrected chi connectivity index (χ3v) is 4.45. The van der Waals surface area contributed by atoms with Gasteiger partial charge < -0.3 is 5.73 Å². The molecule has 0 amide bonds. The Labute approximate surface area is 109 Å². The molecule has 98 valence electrons. The number of hydrogen-bond donors (Lipinski definition) is 1. The van der Waals surface area contributed by atoms with Gasteiger partial charge in [-0.05, 0) is 38.5 Å². The largest absolute Gasteiger partial charge is 0.383 e. The lowest BCUT2D eigenvalue weighted by atomic mass is 9.94. The molecular weight excluding hydrogens is 222 g/mol. The summed E-state index contributed by atoms with van der Waals surface area (Å²) in [7, 11) is 0. The van der Waals surface area contributed by atoms with Gasteiger partial charge in [0.15, 0.2) is 0 Å². The quantitative estimate of drug-likeness (QED) is 0.772. The molecule has 2 aliphatic carbocycles. The monoisotopic (exact) mass is 245 g/mol. The van der Waals surface area contributed by atoms with Crippen LogP contribution in [-0.4, -0.2) is 9.97 Å². The smallest absolute Gasteiger partial charge is 0.134 e. The van der Waals surface area contributed by atoms with Gasteiger partial charge in [-0.15, -0.1) is 0 Å². The molecule has 0 spiro atoms. The standard InChI is InChI=1S/C15H23N3/c16-14-12-9-5-6-10-13(12)17-15(18-14)11-7-3-1-2-4-8-11/h11H,1-10H2,(H2,16,17,18). The van der Waals surface area contributed by atoms with Crippen molar-refractivity contribution in [3.8, 4) is 0 Å². The summed E-state index contributed by atoms with van der Waals surface area (Å²) in [5, 5.41) is 0. The molecule has 2 N–H and O–H groups in total. The first-order valence-corrected chi connectivity index (χ1v) is 7.50. The number of rotatable bonds is 1. The van der Waals surface area contributed by atoms with Gasteiger partial charge in [0, 0.05) is 17.2 Å². The first kappa shape index (κ1) is 11.9. The van der Waals surface area contributed by atoms with Crippen molar-refractivity contribution in [3.05, 3.63) is 17.1 Å². The highest BCUT2D eigenvalue weighted by atomic mass is 15.0. The van der Waals surface area contributed by atoms with E-state index in [1.807, 2.05) is 0 Å². The van der Waals surface area contributed by atoms with Gasteiger partial charge in [-0.25, -0.2) is 9.97 Å². The van der Waals surface area contributed by atoms with Crippen molar-refractivity contribution in [1.82, 2.24) is 9.97 Å². The van der Waals surface area contributed by atoms with Gasteiger partial charge >= 0.3 is 0 Å². The van der Waals surface area contributed by atoms with Crippen LogP contribution in [0.15, 0.2) is 0 Å². The normalized spacial score (nSPS) is 21.3. The van der Waals surface area contributed by atoms with Crippen molar-refractivity contribution in [2.75, 3.05) is 5.73 Å². The van der Waals surface area contributed by atoms with Crippen LogP contribution in [0.3, 0.4) is 0 Å². The van der Waals surface area contributed by atoms with E-state index in [4.69, 9.17) is 10.7 Å². The number of aromatic nitrogens is 2. The number of fused-ring (bicyclic) bond motifs is 1. The fraction of sp³-hybridized carbons (Fsp3) is 0.733. The number of nitrogens with two attached hydrogens (primary N) is 1. The Kier molecular flexibility index (Phi) is 3.48. The van der Waals surface area contributed by atoms with E-state index in [-0.39, 0.29) is 0 Å². The molecule has 0 aliphatic heterocycles. The fourth-order valence-electron chi connectivity index (χ4n) is 3.36. The average molecular weight is 245 g/mol. The van der Waals surface area contributed by atoms with Crippen molar-refractivity contribution >= 4 is 5.82 Å². The molecule has 0 aromatic carbocycles. The molecule has 0 radical (unpaired) electrons. The van der Waals surface area contributed by atoms with E-state index in [2.05, 4.69) is 4.98 Å². The van der Waals surface area contributed by atoms with Crippen LogP contribution in [0.4, 0.5) is 5.82 Å². The van der Waals surface area contributed by atoms with Crippen LogP contribution in [0.5, 0.6) is 0 Å². The van der Waals surface area contributed by atoms with Gasteiger partial charge in [0.2, 0.25) is 0 Å². The highest BCUT2D eigenvalue weighted by molar-refractivity contribution is 5.43. The minimum Gasteiger partial charge on any atom is -0.383 e. The zero-order valence-electron chi connectivity index (χ0n) is 11.1. The van der Waals surface area contributed by atoms with Crippen molar-refractivity contribution in [3.63, 3.8) is 0 Å². The summed E-state index contributed by atoms with van der Waals surface area (Å²) in [5.41, 5.74) is 8.62. The summed E-state index contributed by atoms with van der Waals surface area (Å²) < 4.78 is 0. The third kappa shape index (κ3) is 2.36. The highest BCUT2D eigenvalue weighted by Crippen LogP contribution is 2.32. The summed E-state index contributed by atoms with van der Waals surface area (Å²) in [6.45, 7) is 0. The maximum Gasteiger partial charge on any atom is 0.134 e. The van der Waals surface area contributed by atoms with E-state index < -0.39 is 0 Å². The zero-order valence-corrected chi connectivity index (χ0v) is 11.1. The molecule has 1 heterocycles. The second kappa shape index (κ2) is 5.25. The van der Waals surface area contributed by atoms with Gasteiger partial charge in [0.25, 0.3) is 0 Å². The Bertz CT molecular complexity index is 420. The highest BCUT2D eigenvalue weighted by Gasteiger charge is 2.21. The van der Waals surface area contributed by atoms with Crippen LogP contribution >= 0.6 is 0 Å². The van der Waals surface area contributed by atoms with Crippen LogP contribution in [0, 0.1) is 0 Å². The predicted molar refractivity (Wildman–Crippen MR) is 73.5 cm³/mol. The summed E-state index contributed by atoms with van der Waals surface area (Å²) in [5.74, 6) is 2.36. The molecule has 1 aromatic heterocycles. The molecule has 1 aromatic rings. The molecule has 0 saturated heterocycles. The van der Waals surface area contributed by atoms with Crippen molar-refractivity contribution in [2.45, 2.75) is 70.1 Å². The molecule has 3 rings (SSSR count). The van der Waals surface area contributed by atoms with E-state index >= 15 is 0 Å². The molecular formula is C15H23N3. The minimum atomic E-state index is 0.557. The predicted octanol–water partition coefficient (Wildman–Crippen LogP) is 3.38. The summed E-state index contributed by atoms with van der Waals surface area (Å²) >= 11 is 0. The maximum atomic E-state index is 6.14. The van der Waals surface area contributed by atoms with E-state index in [1.165, 1.54) is 62.6 Å². The number of anilines is 1. The van der Waals surface area contributed by atoms with Crippen LogP contribution < -0.4 is 5.73 Å². The van der Waals surface area contributed by atoms with Crippen LogP contribution in [-0.2, 0) is 12.8 Å². The van der Waals surface area contributed by atoms with Gasteiger partial charge in [-0.2, -0.15) is 0 Å². The number of nitrogens with zero attached hydrogens (tertiary/aromatic N) is 2. The van der Waals surface area contributed by atoms with Gasteiger partial charge in [0.1, 0.15) is 11.6 Å². The van der Waals surface area contributed by atoms with E-state index in [0.29, 0.717) is 5.92 Å². The first-order chi connectivity index (χ1) is 8.84. The Morgan fingerprint density at radius 2 is 1.56 bits per heavy atom. The fourth-order valence-corrected chi connectivity index (χ4v) is 3.36. The molecule has 3 heteroatoms. The van der Waals surface area contributed by atoms with Crippen molar-refractivity contribution in [2.24, 2.45) is 0 Å². The third-order valence-electron chi connectivity index (χ3n) is 4.45. The van der Waals surface area contributed by atoms with E-state index in [9.17, 15) is 0 Å². The lowest BCUT2D eigenvalue weighted by Gasteiger charge is -2.20. The molecule has 0 bridgehead atoms. The second-order valence-electron chi connectivity index (χ2n) is 5.79. The lowest BCUT2D eigenvalue weighted by Crippen LogP contribution is -2.15. The summed E-state index contributed by atoms with van der Waals surface area (Å²) in [6, 6.07) is 0. The molecule has 2 aliphatic rings. The lowest BCUT2D eigenvalue weighted by molar-refractivity contribution is 0.550. The molecule has 1 saturated carbocycles. The number of nitrogen functional groups attached to an aromatic ring is 1. The maximum absolute atomic E-state index is 6.14. The van der Waals surface area contributed by atoms with E-state index in [1.54, 1.807) is 0 Å². The average Bonchev–Trinajstić information content (AvgIpc) is 2.67. The minimum absolute atomic E-state index is 0.557.